The Balaban J connectivity index is 1.48. The van der Waals surface area contributed by atoms with E-state index in [0.717, 1.165) is 11.8 Å². The van der Waals surface area contributed by atoms with Crippen LogP contribution in [0.15, 0.2) is 23.3 Å². The van der Waals surface area contributed by atoms with E-state index >= 15 is 0 Å². The van der Waals surface area contributed by atoms with Crippen LogP contribution in [0.1, 0.15) is 114 Å². The highest BCUT2D eigenvalue weighted by Gasteiger charge is 2.60. The summed E-state index contributed by atoms with van der Waals surface area (Å²) in [5.41, 5.74) is 4.08. The van der Waals surface area contributed by atoms with Gasteiger partial charge in [-0.15, -0.1) is 0 Å². The maximum Gasteiger partial charge on any atom is 0.167 e. The van der Waals surface area contributed by atoms with Crippen LogP contribution in [0.4, 0.5) is 0 Å². The predicted molar refractivity (Wildman–Crippen MR) is 166 cm³/mol. The van der Waals surface area contributed by atoms with Crippen LogP contribution in [0.2, 0.25) is 10.1 Å². The molecule has 0 heterocycles. The molecule has 0 amide bonds. The van der Waals surface area contributed by atoms with Gasteiger partial charge in [0.2, 0.25) is 0 Å². The van der Waals surface area contributed by atoms with Crippen LogP contribution in [0, 0.1) is 40.4 Å². The van der Waals surface area contributed by atoms with Gasteiger partial charge in [0.15, 0.2) is 19.5 Å². The number of hydrogen-bond donors (Lipinski definition) is 0. The first-order valence-corrected chi connectivity index (χ1v) is 18.5. The van der Waals surface area contributed by atoms with Crippen molar-refractivity contribution in [1.82, 2.24) is 0 Å². The lowest BCUT2D eigenvalue weighted by Crippen LogP contribution is -2.52. The molecule has 3 fully saturated rings. The summed E-state index contributed by atoms with van der Waals surface area (Å²) in [6, 6.07) is 0. The van der Waals surface area contributed by atoms with E-state index in [1.54, 1.807) is 5.57 Å². The van der Waals surface area contributed by atoms with Gasteiger partial charge in [-0.1, -0.05) is 91.6 Å². The molecule has 0 aliphatic heterocycles. The molecule has 0 spiro atoms. The minimum atomic E-state index is -0.622. The first-order valence-electron chi connectivity index (χ1n) is 15.5. The Bertz CT molecular complexity index is 865. The van der Waals surface area contributed by atoms with Crippen LogP contribution >= 0.6 is 11.6 Å². The molecule has 0 radical (unpaired) electrons. The molecule has 3 saturated carbocycles. The number of allylic oxidation sites excluding steroid dienone is 1. The van der Waals surface area contributed by atoms with Crippen LogP contribution in [0.25, 0.3) is 0 Å². The van der Waals surface area contributed by atoms with E-state index in [1.807, 2.05) is 5.54 Å². The van der Waals surface area contributed by atoms with Crippen molar-refractivity contribution in [2.24, 2.45) is 40.4 Å². The van der Waals surface area contributed by atoms with Gasteiger partial charge in [-0.2, -0.15) is 0 Å². The molecule has 0 bridgehead atoms. The van der Waals surface area contributed by atoms with Gasteiger partial charge in [0.1, 0.15) is 0 Å². The van der Waals surface area contributed by atoms with Crippen LogP contribution in [0.3, 0.4) is 0 Å². The standard InChI is InChI=1S/C32H57ClO2Si2/c1-21(2)29(5,6)36-34-24-14-16-31(9)23(20-24)10-11-25-26(31)15-17-32(18-19-33)27(25)12-13-28(32)35-37-30(7,8)22(3)4/h10,18-19,21-22,24-28H,11-17,20,36-37H2,1-9H3/b19-18+/t24-,25+,26-,27-,28-,31-,32+/m0/s1. The molecule has 0 unspecified atom stereocenters. The molecule has 0 aromatic carbocycles. The molecule has 4 rings (SSSR count). The number of halogens is 1. The van der Waals surface area contributed by atoms with Crippen molar-refractivity contribution >= 4 is 31.1 Å². The average molecular weight is 565 g/mol. The van der Waals surface area contributed by atoms with Gasteiger partial charge in [-0.05, 0) is 96.4 Å². The van der Waals surface area contributed by atoms with Crippen molar-refractivity contribution in [1.29, 1.82) is 0 Å². The van der Waals surface area contributed by atoms with E-state index in [0.29, 0.717) is 45.5 Å². The first kappa shape index (κ1) is 30.1. The second-order valence-electron chi connectivity index (χ2n) is 15.5. The highest BCUT2D eigenvalue weighted by Crippen LogP contribution is 2.66. The maximum atomic E-state index is 6.95. The lowest BCUT2D eigenvalue weighted by Gasteiger charge is -2.58. The fourth-order valence-corrected chi connectivity index (χ4v) is 11.1. The molecule has 37 heavy (non-hydrogen) atoms. The Morgan fingerprint density at radius 1 is 0.919 bits per heavy atom. The second-order valence-corrected chi connectivity index (χ2v) is 20.7. The highest BCUT2D eigenvalue weighted by molar-refractivity contribution is 6.32. The smallest absolute Gasteiger partial charge is 0.167 e. The maximum absolute atomic E-state index is 6.95. The van der Waals surface area contributed by atoms with Gasteiger partial charge >= 0.3 is 0 Å². The van der Waals surface area contributed by atoms with Gasteiger partial charge < -0.3 is 8.85 Å². The van der Waals surface area contributed by atoms with E-state index < -0.39 is 19.5 Å². The molecule has 0 aromatic heterocycles. The largest absolute Gasteiger partial charge is 0.420 e. The second kappa shape index (κ2) is 11.2. The van der Waals surface area contributed by atoms with Crippen LogP contribution in [-0.4, -0.2) is 31.7 Å². The van der Waals surface area contributed by atoms with Gasteiger partial charge in [0.05, 0.1) is 6.10 Å². The van der Waals surface area contributed by atoms with Crippen molar-refractivity contribution < 1.29 is 8.85 Å². The third-order valence-electron chi connectivity index (χ3n) is 12.4. The van der Waals surface area contributed by atoms with Crippen molar-refractivity contribution in [2.75, 3.05) is 0 Å². The Kier molecular flexibility index (Phi) is 9.10. The van der Waals surface area contributed by atoms with Gasteiger partial charge in [-0.25, -0.2) is 0 Å². The first-order chi connectivity index (χ1) is 17.3. The normalized spacial score (nSPS) is 39.2. The SMILES string of the molecule is CC(C)C(C)(C)[SiH2]O[C@H]1CC[C@@]2(C)C(=CC[C@H]3[C@@H]4CC[C@H](O[SiH2]C(C)(C)C(C)C)[C@@]4(/C=C/Cl)CC[C@@H]32)C1. The molecular weight excluding hydrogens is 508 g/mol. The quantitative estimate of drug-likeness (QED) is 0.207. The van der Waals surface area contributed by atoms with E-state index in [1.165, 1.54) is 51.4 Å². The van der Waals surface area contributed by atoms with Crippen molar-refractivity contribution in [2.45, 2.75) is 136 Å². The molecule has 0 saturated heterocycles. The molecule has 7 atom stereocenters. The number of fused-ring (bicyclic) bond motifs is 5. The van der Waals surface area contributed by atoms with Crippen molar-refractivity contribution in [3.05, 3.63) is 23.3 Å². The summed E-state index contributed by atoms with van der Waals surface area (Å²) < 4.78 is 13.7. The predicted octanol–water partition coefficient (Wildman–Crippen LogP) is 8.33. The Hall–Kier alpha value is 0.124. The van der Waals surface area contributed by atoms with E-state index in [4.69, 9.17) is 20.5 Å². The average Bonchev–Trinajstić information content (AvgIpc) is 3.19. The molecular formula is C32H57ClO2Si2. The monoisotopic (exact) mass is 564 g/mol. The minimum Gasteiger partial charge on any atom is -0.420 e. The summed E-state index contributed by atoms with van der Waals surface area (Å²) >= 11 is 6.37. The summed E-state index contributed by atoms with van der Waals surface area (Å²) in [4.78, 5) is 0. The Labute approximate surface area is 239 Å². The van der Waals surface area contributed by atoms with E-state index in [9.17, 15) is 0 Å². The molecule has 4 aliphatic rings. The van der Waals surface area contributed by atoms with Crippen LogP contribution in [0.5, 0.6) is 0 Å². The van der Waals surface area contributed by atoms with Crippen LogP contribution < -0.4 is 0 Å². The number of rotatable bonds is 9. The summed E-state index contributed by atoms with van der Waals surface area (Å²) in [7, 11) is -1.16. The third kappa shape index (κ3) is 5.67. The summed E-state index contributed by atoms with van der Waals surface area (Å²) in [6.07, 6.45) is 16.0. The Morgan fingerprint density at radius 3 is 2.19 bits per heavy atom. The van der Waals surface area contributed by atoms with E-state index in [-0.39, 0.29) is 5.41 Å². The lowest BCUT2D eigenvalue weighted by atomic mass is 9.47. The molecule has 0 aromatic rings. The fraction of sp³-hybridized carbons (Fsp3) is 0.875. The van der Waals surface area contributed by atoms with E-state index in [2.05, 4.69) is 74.5 Å². The molecule has 212 valence electrons. The Morgan fingerprint density at radius 2 is 1.57 bits per heavy atom. The van der Waals surface area contributed by atoms with Gasteiger partial charge in [0, 0.05) is 17.1 Å². The van der Waals surface area contributed by atoms with Gasteiger partial charge in [-0.3, -0.25) is 0 Å². The zero-order valence-electron chi connectivity index (χ0n) is 25.5. The minimum absolute atomic E-state index is 0.152. The molecule has 0 N–H and O–H groups in total. The molecule has 2 nitrogen and oxygen atoms in total. The zero-order chi connectivity index (χ0) is 27.2. The summed E-state index contributed by atoms with van der Waals surface area (Å²) in [6.45, 7) is 21.7. The molecule has 5 heteroatoms. The lowest BCUT2D eigenvalue weighted by molar-refractivity contribution is -0.0500. The summed E-state index contributed by atoms with van der Waals surface area (Å²) in [5.74, 6) is 3.67. The van der Waals surface area contributed by atoms with Gasteiger partial charge in [0.25, 0.3) is 0 Å². The third-order valence-corrected chi connectivity index (χ3v) is 16.9. The summed E-state index contributed by atoms with van der Waals surface area (Å²) in [5, 5.41) is 0.717. The molecule has 4 aliphatic carbocycles. The topological polar surface area (TPSA) is 18.5 Å². The van der Waals surface area contributed by atoms with Crippen LogP contribution in [-0.2, 0) is 8.85 Å². The fourth-order valence-electron chi connectivity index (χ4n) is 8.10. The highest BCUT2D eigenvalue weighted by atomic mass is 35.5. The number of hydrogen-bond acceptors (Lipinski definition) is 2. The zero-order valence-corrected chi connectivity index (χ0v) is 29.1. The van der Waals surface area contributed by atoms with Crippen molar-refractivity contribution in [3.63, 3.8) is 0 Å². The van der Waals surface area contributed by atoms with Crippen molar-refractivity contribution in [3.8, 4) is 0 Å².